The first-order chi connectivity index (χ1) is 10.5. The third kappa shape index (κ3) is 3.38. The van der Waals surface area contributed by atoms with E-state index < -0.39 is 9.73 Å². The molecule has 116 valence electrons. The maximum absolute atomic E-state index is 12.5. The molecule has 2 heterocycles. The molecule has 0 radical (unpaired) electrons. The Balaban J connectivity index is 2.02. The summed E-state index contributed by atoms with van der Waals surface area (Å²) in [5.74, 6) is 1.54. The van der Waals surface area contributed by atoms with Crippen LogP contribution in [0.2, 0.25) is 0 Å². The average molecular weight is 382 g/mol. The van der Waals surface area contributed by atoms with Crippen LogP contribution in [0.3, 0.4) is 0 Å². The highest BCUT2D eigenvalue weighted by Gasteiger charge is 2.13. The van der Waals surface area contributed by atoms with Crippen molar-refractivity contribution in [2.75, 3.05) is 22.9 Å². The zero-order valence-corrected chi connectivity index (χ0v) is 14.2. The largest absolute Gasteiger partial charge is 0.369 e. The van der Waals surface area contributed by atoms with Gasteiger partial charge in [-0.3, -0.25) is 0 Å². The zero-order chi connectivity index (χ0) is 15.6. The molecule has 1 unspecified atom stereocenters. The number of nitrogens with zero attached hydrogens (tertiary/aromatic N) is 2. The Morgan fingerprint density at radius 1 is 1.32 bits per heavy atom. The van der Waals surface area contributed by atoms with Crippen molar-refractivity contribution < 1.29 is 4.21 Å². The molecular weight excluding hydrogens is 366 g/mol. The minimum atomic E-state index is -2.76. The van der Waals surface area contributed by atoms with Gasteiger partial charge >= 0.3 is 0 Å². The molecule has 22 heavy (non-hydrogen) atoms. The number of nitrogens with one attached hydrogen (secondary N) is 3. The Kier molecular flexibility index (Phi) is 4.30. The van der Waals surface area contributed by atoms with Crippen LogP contribution in [0.25, 0.3) is 0 Å². The fourth-order valence-corrected chi connectivity index (χ4v) is 4.01. The molecule has 0 fully saturated rings. The minimum Gasteiger partial charge on any atom is -0.369 e. The molecule has 1 aliphatic rings. The van der Waals surface area contributed by atoms with Crippen molar-refractivity contribution >= 4 is 43.1 Å². The molecule has 8 heteroatoms. The minimum absolute atomic E-state index is 0.364. The van der Waals surface area contributed by atoms with Gasteiger partial charge in [0.1, 0.15) is 5.82 Å². The second-order valence-electron chi connectivity index (χ2n) is 5.06. The maximum atomic E-state index is 12.5. The molecule has 1 aromatic carbocycles. The lowest BCUT2D eigenvalue weighted by atomic mass is 10.3. The molecular formula is C14H16BrN5OS. The van der Waals surface area contributed by atoms with Crippen LogP contribution in [-0.4, -0.2) is 26.5 Å². The van der Waals surface area contributed by atoms with E-state index in [1.807, 2.05) is 6.07 Å². The highest BCUT2D eigenvalue weighted by Crippen LogP contribution is 2.24. The molecule has 0 amide bonds. The second-order valence-corrected chi connectivity index (χ2v) is 8.14. The number of rotatable bonds is 0. The van der Waals surface area contributed by atoms with Crippen LogP contribution >= 0.6 is 15.9 Å². The van der Waals surface area contributed by atoms with Crippen LogP contribution < -0.4 is 10.6 Å². The predicted molar refractivity (Wildman–Crippen MR) is 91.2 cm³/mol. The van der Waals surface area contributed by atoms with E-state index in [2.05, 4.69) is 36.5 Å². The first-order valence-electron chi connectivity index (χ1n) is 6.95. The Morgan fingerprint density at radius 2 is 2.18 bits per heavy atom. The van der Waals surface area contributed by atoms with Crippen molar-refractivity contribution in [2.24, 2.45) is 0 Å². The number of fused-ring (bicyclic) bond motifs is 4. The topological polar surface area (TPSA) is 90.8 Å². The Labute approximate surface area is 137 Å². The number of aromatic nitrogens is 2. The molecule has 0 saturated heterocycles. The van der Waals surface area contributed by atoms with Gasteiger partial charge in [0.15, 0.2) is 0 Å². The van der Waals surface area contributed by atoms with E-state index in [9.17, 15) is 4.21 Å². The summed E-state index contributed by atoms with van der Waals surface area (Å²) < 4.78 is 21.5. The van der Waals surface area contributed by atoms with Crippen LogP contribution in [0.4, 0.5) is 17.5 Å². The second kappa shape index (κ2) is 6.21. The summed E-state index contributed by atoms with van der Waals surface area (Å²) in [6, 6.07) is 7.12. The lowest BCUT2D eigenvalue weighted by molar-refractivity contribution is 0.670. The van der Waals surface area contributed by atoms with Crippen LogP contribution in [0.15, 0.2) is 39.8 Å². The van der Waals surface area contributed by atoms with Crippen molar-refractivity contribution in [1.82, 2.24) is 9.97 Å². The molecule has 4 bridgehead atoms. The quantitative estimate of drug-likeness (QED) is 0.648. The van der Waals surface area contributed by atoms with E-state index in [-0.39, 0.29) is 0 Å². The summed E-state index contributed by atoms with van der Waals surface area (Å²) in [7, 11) is -2.76. The third-order valence-electron chi connectivity index (χ3n) is 3.37. The molecule has 3 N–H and O–H groups in total. The van der Waals surface area contributed by atoms with Crippen molar-refractivity contribution in [3.05, 3.63) is 34.9 Å². The molecule has 1 aliphatic heterocycles. The van der Waals surface area contributed by atoms with Gasteiger partial charge in [-0.1, -0.05) is 6.07 Å². The van der Waals surface area contributed by atoms with Crippen LogP contribution in [-0.2, 0) is 9.73 Å². The van der Waals surface area contributed by atoms with Gasteiger partial charge in [0, 0.05) is 29.1 Å². The van der Waals surface area contributed by atoms with Crippen LogP contribution in [0.5, 0.6) is 0 Å². The van der Waals surface area contributed by atoms with Gasteiger partial charge in [0.05, 0.1) is 14.2 Å². The standard InChI is InChI=1S/C14H16BrN5OS/c15-12-9-18-14-19-10-4-3-5-11(8-10)22(16,21)7-2-1-6-17-13(12)20-14/h3-5,8-9,16H,1-2,6-7H2,(H2,17,18,19,20). The van der Waals surface area contributed by atoms with Gasteiger partial charge < -0.3 is 10.6 Å². The van der Waals surface area contributed by atoms with Crippen LogP contribution in [0.1, 0.15) is 12.8 Å². The highest BCUT2D eigenvalue weighted by molar-refractivity contribution is 9.10. The molecule has 6 nitrogen and oxygen atoms in total. The van der Waals surface area contributed by atoms with Crippen molar-refractivity contribution in [1.29, 1.82) is 4.78 Å². The molecule has 0 saturated carbocycles. The molecule has 0 spiro atoms. The normalized spacial score (nSPS) is 21.5. The van der Waals surface area contributed by atoms with Crippen molar-refractivity contribution in [3.63, 3.8) is 0 Å². The summed E-state index contributed by atoms with van der Waals surface area (Å²) in [6.45, 7) is 0.710. The smallest absolute Gasteiger partial charge is 0.229 e. The molecule has 2 aromatic rings. The summed E-state index contributed by atoms with van der Waals surface area (Å²) >= 11 is 3.42. The van der Waals surface area contributed by atoms with E-state index in [4.69, 9.17) is 4.78 Å². The monoisotopic (exact) mass is 381 g/mol. The van der Waals surface area contributed by atoms with E-state index in [1.165, 1.54) is 0 Å². The first kappa shape index (κ1) is 15.2. The van der Waals surface area contributed by atoms with E-state index in [0.717, 1.165) is 28.8 Å². The van der Waals surface area contributed by atoms with Gasteiger partial charge in [-0.05, 0) is 47.0 Å². The van der Waals surface area contributed by atoms with E-state index in [0.29, 0.717) is 23.1 Å². The zero-order valence-electron chi connectivity index (χ0n) is 11.8. The van der Waals surface area contributed by atoms with Gasteiger partial charge in [0.2, 0.25) is 5.95 Å². The number of hydrogen-bond acceptors (Lipinski definition) is 6. The lowest BCUT2D eigenvalue weighted by Gasteiger charge is -2.10. The van der Waals surface area contributed by atoms with Gasteiger partial charge in [-0.15, -0.1) is 0 Å². The van der Waals surface area contributed by atoms with Gasteiger partial charge in [-0.2, -0.15) is 4.98 Å². The average Bonchev–Trinajstić information content (AvgIpc) is 2.50. The third-order valence-corrected chi connectivity index (χ3v) is 5.83. The fraction of sp³-hybridized carbons (Fsp3) is 0.286. The lowest BCUT2D eigenvalue weighted by Crippen LogP contribution is -2.08. The van der Waals surface area contributed by atoms with E-state index >= 15 is 0 Å². The fourth-order valence-electron chi connectivity index (χ4n) is 2.21. The van der Waals surface area contributed by atoms with E-state index in [1.54, 1.807) is 24.4 Å². The van der Waals surface area contributed by atoms with Gasteiger partial charge in [-0.25, -0.2) is 14.0 Å². The number of hydrogen-bond donors (Lipinski definition) is 3. The van der Waals surface area contributed by atoms with Crippen molar-refractivity contribution in [2.45, 2.75) is 17.7 Å². The number of anilines is 3. The Hall–Kier alpha value is -1.67. The molecule has 0 aliphatic carbocycles. The first-order valence-corrected chi connectivity index (χ1v) is 9.47. The Bertz CT molecular complexity index is 794. The summed E-state index contributed by atoms with van der Waals surface area (Å²) in [4.78, 5) is 9.19. The summed E-state index contributed by atoms with van der Waals surface area (Å²) in [6.07, 6.45) is 3.24. The predicted octanol–water partition coefficient (Wildman–Crippen LogP) is 3.59. The van der Waals surface area contributed by atoms with Crippen LogP contribution in [0, 0.1) is 4.78 Å². The van der Waals surface area contributed by atoms with Crippen molar-refractivity contribution in [3.8, 4) is 0 Å². The molecule has 1 aromatic heterocycles. The highest BCUT2D eigenvalue weighted by atomic mass is 79.9. The summed E-state index contributed by atoms with van der Waals surface area (Å²) in [5, 5.41) is 6.33. The molecule has 3 rings (SSSR count). The Morgan fingerprint density at radius 3 is 3.05 bits per heavy atom. The maximum Gasteiger partial charge on any atom is 0.229 e. The summed E-state index contributed by atoms with van der Waals surface area (Å²) in [5.41, 5.74) is 0.727. The SMILES string of the molecule is N=S1(=O)CCCCNc2nc(ncc2Br)Nc2cccc1c2. The molecule has 1 atom stereocenters. The van der Waals surface area contributed by atoms with Gasteiger partial charge in [0.25, 0.3) is 0 Å². The number of benzene rings is 1. The number of halogens is 1.